The molecule has 1 amide bonds. The molecule has 0 atom stereocenters. The molecule has 0 spiro atoms. The van der Waals surface area contributed by atoms with Gasteiger partial charge in [0.15, 0.2) is 4.34 Å². The van der Waals surface area contributed by atoms with Gasteiger partial charge >= 0.3 is 0 Å². The second-order valence-corrected chi connectivity index (χ2v) is 5.51. The van der Waals surface area contributed by atoms with Crippen LogP contribution in [0.1, 0.15) is 10.4 Å². The SMILES string of the molecule is CSc1nnc(NC(=O)c2cccc(Cl)c2)s1. The Hall–Kier alpha value is -1.11. The van der Waals surface area contributed by atoms with Crippen LogP contribution in [-0.2, 0) is 0 Å². The van der Waals surface area contributed by atoms with E-state index in [2.05, 4.69) is 15.5 Å². The van der Waals surface area contributed by atoms with Gasteiger partial charge in [-0.25, -0.2) is 0 Å². The molecular weight excluding hydrogens is 278 g/mol. The van der Waals surface area contributed by atoms with E-state index in [0.717, 1.165) is 4.34 Å². The van der Waals surface area contributed by atoms with Gasteiger partial charge in [-0.3, -0.25) is 10.1 Å². The summed E-state index contributed by atoms with van der Waals surface area (Å²) < 4.78 is 0.811. The standard InChI is InChI=1S/C10H8ClN3OS2/c1-16-10-14-13-9(17-10)12-8(15)6-3-2-4-7(11)5-6/h2-5H,1H3,(H,12,13,15). The van der Waals surface area contributed by atoms with Gasteiger partial charge in [-0.1, -0.05) is 40.8 Å². The summed E-state index contributed by atoms with van der Waals surface area (Å²) >= 11 is 8.63. The van der Waals surface area contributed by atoms with Crippen LogP contribution in [0.2, 0.25) is 5.02 Å². The predicted molar refractivity (Wildman–Crippen MR) is 71.1 cm³/mol. The molecule has 0 bridgehead atoms. The minimum Gasteiger partial charge on any atom is -0.296 e. The summed E-state index contributed by atoms with van der Waals surface area (Å²) in [5.74, 6) is -0.240. The Morgan fingerprint density at radius 3 is 2.94 bits per heavy atom. The first-order valence-electron chi connectivity index (χ1n) is 4.63. The number of hydrogen-bond acceptors (Lipinski definition) is 5. The van der Waals surface area contributed by atoms with Gasteiger partial charge in [0.2, 0.25) is 5.13 Å². The second-order valence-electron chi connectivity index (χ2n) is 3.04. The number of anilines is 1. The Labute approximate surface area is 111 Å². The monoisotopic (exact) mass is 285 g/mol. The Morgan fingerprint density at radius 1 is 1.47 bits per heavy atom. The Balaban J connectivity index is 2.11. The normalized spacial score (nSPS) is 10.2. The number of aromatic nitrogens is 2. The van der Waals surface area contributed by atoms with Crippen molar-refractivity contribution in [3.8, 4) is 0 Å². The highest BCUT2D eigenvalue weighted by molar-refractivity contribution is 8.00. The summed E-state index contributed by atoms with van der Waals surface area (Å²) in [6, 6.07) is 6.74. The van der Waals surface area contributed by atoms with Gasteiger partial charge in [-0.15, -0.1) is 10.2 Å². The zero-order valence-corrected chi connectivity index (χ0v) is 11.2. The van der Waals surface area contributed by atoms with Crippen LogP contribution in [0.5, 0.6) is 0 Å². The number of nitrogens with zero attached hydrogens (tertiary/aromatic N) is 2. The fourth-order valence-electron chi connectivity index (χ4n) is 1.14. The van der Waals surface area contributed by atoms with Crippen LogP contribution < -0.4 is 5.32 Å². The summed E-state index contributed by atoms with van der Waals surface area (Å²) in [5, 5.41) is 11.4. The number of hydrogen-bond donors (Lipinski definition) is 1. The minimum atomic E-state index is -0.240. The molecule has 0 aliphatic heterocycles. The molecule has 2 rings (SSSR count). The third-order valence-corrected chi connectivity index (χ3v) is 3.94. The maximum Gasteiger partial charge on any atom is 0.257 e. The lowest BCUT2D eigenvalue weighted by molar-refractivity contribution is 0.102. The van der Waals surface area contributed by atoms with Crippen LogP contribution in [0.25, 0.3) is 0 Å². The molecule has 0 saturated carbocycles. The molecule has 17 heavy (non-hydrogen) atoms. The number of benzene rings is 1. The lowest BCUT2D eigenvalue weighted by Gasteiger charge is -2.00. The molecule has 0 aliphatic rings. The molecule has 1 N–H and O–H groups in total. The van der Waals surface area contributed by atoms with Gasteiger partial charge in [-0.2, -0.15) is 0 Å². The van der Waals surface area contributed by atoms with E-state index in [1.165, 1.54) is 23.1 Å². The molecule has 0 aliphatic carbocycles. The van der Waals surface area contributed by atoms with Crippen molar-refractivity contribution in [1.82, 2.24) is 10.2 Å². The first-order valence-corrected chi connectivity index (χ1v) is 7.05. The molecule has 2 aromatic rings. The number of nitrogens with one attached hydrogen (secondary N) is 1. The summed E-state index contributed by atoms with van der Waals surface area (Å²) in [7, 11) is 0. The summed E-state index contributed by atoms with van der Waals surface area (Å²) in [6.45, 7) is 0. The highest BCUT2D eigenvalue weighted by Gasteiger charge is 2.09. The van der Waals surface area contributed by atoms with Gasteiger partial charge in [0.25, 0.3) is 5.91 Å². The summed E-state index contributed by atoms with van der Waals surface area (Å²) in [4.78, 5) is 11.8. The number of thioether (sulfide) groups is 1. The molecule has 1 aromatic carbocycles. The Bertz CT molecular complexity index is 544. The number of carbonyl (C=O) groups is 1. The number of halogens is 1. The summed E-state index contributed by atoms with van der Waals surface area (Å²) in [6.07, 6.45) is 1.91. The van der Waals surface area contributed by atoms with Gasteiger partial charge in [0, 0.05) is 10.6 Å². The van der Waals surface area contributed by atoms with E-state index in [4.69, 9.17) is 11.6 Å². The first kappa shape index (κ1) is 12.3. The van der Waals surface area contributed by atoms with Crippen LogP contribution >= 0.6 is 34.7 Å². The van der Waals surface area contributed by atoms with Crippen LogP contribution in [0.4, 0.5) is 5.13 Å². The van der Waals surface area contributed by atoms with E-state index in [1.54, 1.807) is 24.3 Å². The molecule has 7 heteroatoms. The van der Waals surface area contributed by atoms with E-state index in [1.807, 2.05) is 6.26 Å². The smallest absolute Gasteiger partial charge is 0.257 e. The Kier molecular flexibility index (Phi) is 3.98. The molecule has 88 valence electrons. The van der Waals surface area contributed by atoms with E-state index >= 15 is 0 Å². The lowest BCUT2D eigenvalue weighted by Crippen LogP contribution is -2.11. The molecule has 0 saturated heterocycles. The van der Waals surface area contributed by atoms with Crippen molar-refractivity contribution < 1.29 is 4.79 Å². The molecule has 1 heterocycles. The highest BCUT2D eigenvalue weighted by Crippen LogP contribution is 2.23. The first-order chi connectivity index (χ1) is 8.19. The van der Waals surface area contributed by atoms with Crippen LogP contribution in [-0.4, -0.2) is 22.4 Å². The highest BCUT2D eigenvalue weighted by atomic mass is 35.5. The average Bonchev–Trinajstić information content (AvgIpc) is 2.77. The van der Waals surface area contributed by atoms with Crippen molar-refractivity contribution in [2.45, 2.75) is 4.34 Å². The van der Waals surface area contributed by atoms with Crippen molar-refractivity contribution in [2.24, 2.45) is 0 Å². The van der Waals surface area contributed by atoms with E-state index in [9.17, 15) is 4.79 Å². The summed E-state index contributed by atoms with van der Waals surface area (Å²) in [5.41, 5.74) is 0.499. The molecule has 0 unspecified atom stereocenters. The number of rotatable bonds is 3. The van der Waals surface area contributed by atoms with E-state index < -0.39 is 0 Å². The van der Waals surface area contributed by atoms with Crippen molar-refractivity contribution >= 4 is 45.7 Å². The fraction of sp³-hybridized carbons (Fsp3) is 0.100. The van der Waals surface area contributed by atoms with E-state index in [-0.39, 0.29) is 5.91 Å². The van der Waals surface area contributed by atoms with Crippen molar-refractivity contribution in [3.63, 3.8) is 0 Å². The maximum absolute atomic E-state index is 11.8. The fourth-order valence-corrected chi connectivity index (χ4v) is 2.50. The van der Waals surface area contributed by atoms with Crippen molar-refractivity contribution in [2.75, 3.05) is 11.6 Å². The van der Waals surface area contributed by atoms with Crippen LogP contribution in [0.15, 0.2) is 28.6 Å². The zero-order chi connectivity index (χ0) is 12.3. The lowest BCUT2D eigenvalue weighted by atomic mass is 10.2. The molecular formula is C10H8ClN3OS2. The topological polar surface area (TPSA) is 54.9 Å². The van der Waals surface area contributed by atoms with Gasteiger partial charge in [-0.05, 0) is 24.5 Å². The third-order valence-electron chi connectivity index (χ3n) is 1.89. The molecule has 0 fully saturated rings. The number of amides is 1. The van der Waals surface area contributed by atoms with Gasteiger partial charge in [0.05, 0.1) is 0 Å². The predicted octanol–water partition coefficient (Wildman–Crippen LogP) is 3.17. The van der Waals surface area contributed by atoms with Crippen LogP contribution in [0.3, 0.4) is 0 Å². The molecule has 4 nitrogen and oxygen atoms in total. The zero-order valence-electron chi connectivity index (χ0n) is 8.81. The van der Waals surface area contributed by atoms with Crippen LogP contribution in [0, 0.1) is 0 Å². The average molecular weight is 286 g/mol. The maximum atomic E-state index is 11.8. The minimum absolute atomic E-state index is 0.240. The van der Waals surface area contributed by atoms with Crippen molar-refractivity contribution in [3.05, 3.63) is 34.9 Å². The van der Waals surface area contributed by atoms with Crippen molar-refractivity contribution in [1.29, 1.82) is 0 Å². The quantitative estimate of drug-likeness (QED) is 0.695. The van der Waals surface area contributed by atoms with E-state index in [0.29, 0.717) is 15.7 Å². The van der Waals surface area contributed by atoms with Gasteiger partial charge in [0.1, 0.15) is 0 Å². The third kappa shape index (κ3) is 3.18. The molecule has 0 radical (unpaired) electrons. The molecule has 1 aromatic heterocycles. The largest absolute Gasteiger partial charge is 0.296 e. The number of carbonyl (C=O) groups excluding carboxylic acids is 1. The Morgan fingerprint density at radius 2 is 2.29 bits per heavy atom. The van der Waals surface area contributed by atoms with Gasteiger partial charge < -0.3 is 0 Å². The second kappa shape index (κ2) is 5.48.